The topological polar surface area (TPSA) is 211 Å². The Morgan fingerprint density at radius 1 is 0.971 bits per heavy atom. The van der Waals surface area contributed by atoms with Crippen molar-refractivity contribution in [3.63, 3.8) is 0 Å². The molecule has 0 amide bonds. The number of benzene rings is 1. The molecule has 3 aliphatic rings. The molecule has 7 N–H and O–H groups in total. The summed E-state index contributed by atoms with van der Waals surface area (Å²) in [5, 5.41) is 72.6. The van der Waals surface area contributed by atoms with Crippen LogP contribution in [0.5, 0.6) is 0 Å². The number of aliphatic carboxylic acids is 3. The average Bonchev–Trinajstić information content (AvgIpc) is 3.00. The van der Waals surface area contributed by atoms with Gasteiger partial charge >= 0.3 is 17.9 Å². The van der Waals surface area contributed by atoms with Gasteiger partial charge in [-0.05, 0) is 29.9 Å². The van der Waals surface area contributed by atoms with Crippen molar-refractivity contribution in [3.8, 4) is 0 Å². The largest absolute Gasteiger partial charge is 0.479 e. The first kappa shape index (κ1) is 25.5. The van der Waals surface area contributed by atoms with Crippen LogP contribution in [0.2, 0.25) is 0 Å². The minimum absolute atomic E-state index is 0.0349. The van der Waals surface area contributed by atoms with Crippen LogP contribution in [0.1, 0.15) is 37.8 Å². The summed E-state index contributed by atoms with van der Waals surface area (Å²) in [7, 11) is 0. The zero-order valence-electron chi connectivity index (χ0n) is 19.0. The summed E-state index contributed by atoms with van der Waals surface area (Å²) in [6, 6.07) is 7.34. The molecule has 9 atom stereocenters. The van der Waals surface area contributed by atoms with Gasteiger partial charge in [0.25, 0.3) is 0 Å². The molecule has 0 aromatic heterocycles. The Kier molecular flexibility index (Phi) is 5.79. The van der Waals surface area contributed by atoms with Gasteiger partial charge in [0.15, 0.2) is 5.79 Å². The fourth-order valence-electron chi connectivity index (χ4n) is 6.04. The number of carboxylic acids is 3. The number of carbonyl (C=O) groups is 3. The summed E-state index contributed by atoms with van der Waals surface area (Å²) in [5.41, 5.74) is -6.45. The highest BCUT2D eigenvalue weighted by atomic mass is 16.8. The molecule has 1 aromatic rings. The lowest BCUT2D eigenvalue weighted by atomic mass is 9.63. The first-order valence-corrected chi connectivity index (χ1v) is 11.1. The van der Waals surface area contributed by atoms with Crippen molar-refractivity contribution in [2.24, 2.45) is 5.92 Å². The van der Waals surface area contributed by atoms with E-state index in [4.69, 9.17) is 9.47 Å². The van der Waals surface area contributed by atoms with E-state index in [2.05, 4.69) is 0 Å². The van der Waals surface area contributed by atoms with Crippen LogP contribution in [0, 0.1) is 5.92 Å². The van der Waals surface area contributed by atoms with Crippen molar-refractivity contribution in [1.29, 1.82) is 0 Å². The van der Waals surface area contributed by atoms with Crippen LogP contribution >= 0.6 is 0 Å². The molecule has 12 nitrogen and oxygen atoms in total. The third-order valence-corrected chi connectivity index (χ3v) is 7.99. The van der Waals surface area contributed by atoms with E-state index in [1.54, 1.807) is 13.0 Å². The SMILES string of the molecule is C[C@@H]1Cc2ccccc2[C@@](C)(CC[C@]23O[C@H](C(=O)O)[C@@](O)(C(=O)O)[C@](C(=O)O)(O2)[C@H](O)[C@H]3O)[C@H]1O. The van der Waals surface area contributed by atoms with E-state index < -0.39 is 71.1 Å². The second kappa shape index (κ2) is 7.95. The number of aliphatic hydroxyl groups is 4. The van der Waals surface area contributed by atoms with Gasteiger partial charge in [-0.1, -0.05) is 38.1 Å². The molecule has 2 fully saturated rings. The normalized spacial score (nSPS) is 44.5. The molecule has 1 aliphatic carbocycles. The van der Waals surface area contributed by atoms with Gasteiger partial charge in [-0.2, -0.15) is 0 Å². The summed E-state index contributed by atoms with van der Waals surface area (Å²) >= 11 is 0. The highest BCUT2D eigenvalue weighted by Gasteiger charge is 2.84. The molecule has 12 heteroatoms. The van der Waals surface area contributed by atoms with Gasteiger partial charge < -0.3 is 45.2 Å². The Labute approximate surface area is 199 Å². The lowest BCUT2D eigenvalue weighted by Gasteiger charge is -2.50. The lowest BCUT2D eigenvalue weighted by molar-refractivity contribution is -0.375. The number of fused-ring (bicyclic) bond motifs is 3. The maximum atomic E-state index is 12.2. The molecule has 2 saturated heterocycles. The highest BCUT2D eigenvalue weighted by molar-refractivity contribution is 5.97. The molecule has 1 aromatic carbocycles. The Morgan fingerprint density at radius 3 is 2.17 bits per heavy atom. The zero-order valence-corrected chi connectivity index (χ0v) is 19.0. The summed E-state index contributed by atoms with van der Waals surface area (Å²) in [6.45, 7) is 3.60. The van der Waals surface area contributed by atoms with E-state index >= 15 is 0 Å². The van der Waals surface area contributed by atoms with Crippen molar-refractivity contribution < 1.29 is 59.6 Å². The fourth-order valence-corrected chi connectivity index (χ4v) is 6.04. The fraction of sp³-hybridized carbons (Fsp3) is 0.609. The molecule has 0 unspecified atom stereocenters. The van der Waals surface area contributed by atoms with Gasteiger partial charge in [0.05, 0.1) is 6.10 Å². The Balaban J connectivity index is 1.80. The Bertz CT molecular complexity index is 1070. The minimum atomic E-state index is -3.78. The average molecular weight is 496 g/mol. The quantitative estimate of drug-likeness (QED) is 0.249. The monoisotopic (exact) mass is 496 g/mol. The van der Waals surface area contributed by atoms with Crippen LogP contribution < -0.4 is 0 Å². The van der Waals surface area contributed by atoms with Crippen molar-refractivity contribution in [3.05, 3.63) is 35.4 Å². The molecule has 0 saturated carbocycles. The smallest absolute Gasteiger partial charge is 0.343 e. The third-order valence-electron chi connectivity index (χ3n) is 7.99. The summed E-state index contributed by atoms with van der Waals surface area (Å²) in [5.74, 6) is -9.22. The zero-order chi connectivity index (χ0) is 26.1. The summed E-state index contributed by atoms with van der Waals surface area (Å²) in [6.07, 6.45) is -8.25. The molecule has 0 radical (unpaired) electrons. The number of ether oxygens (including phenoxy) is 2. The standard InChI is InChI=1S/C23H28O12/c1-10-9-11-5-3-4-6-12(11)20(2,13(10)24)7-8-21-14(25)15(26)23(35-21,19(31)32)22(33,18(29)30)16(34-21)17(27)28/h3-6,10,13-16,24-26,33H,7-9H2,1-2H3,(H,27,28)(H,29,30)(H,31,32)/t10-,13+,14-,15-,16-,20-,21+,22-,23+/m1/s1. The molecular weight excluding hydrogens is 468 g/mol. The number of hydrogen-bond donors (Lipinski definition) is 7. The van der Waals surface area contributed by atoms with Gasteiger partial charge in [-0.25, -0.2) is 14.4 Å². The first-order valence-electron chi connectivity index (χ1n) is 11.1. The van der Waals surface area contributed by atoms with Crippen LogP contribution in [0.4, 0.5) is 0 Å². The predicted octanol–water partition coefficient (Wildman–Crippen LogP) is -1.15. The van der Waals surface area contributed by atoms with Gasteiger partial charge in [0.1, 0.15) is 12.2 Å². The number of carboxylic acid groups (broad SMARTS) is 3. The van der Waals surface area contributed by atoms with E-state index in [-0.39, 0.29) is 12.3 Å². The Hall–Kier alpha value is -2.61. The predicted molar refractivity (Wildman–Crippen MR) is 113 cm³/mol. The molecule has 0 spiro atoms. The maximum absolute atomic E-state index is 12.2. The first-order chi connectivity index (χ1) is 16.2. The van der Waals surface area contributed by atoms with Gasteiger partial charge in [0.2, 0.25) is 17.3 Å². The minimum Gasteiger partial charge on any atom is -0.479 e. The molecule has 4 rings (SSSR count). The molecular formula is C23H28O12. The van der Waals surface area contributed by atoms with Crippen molar-refractivity contribution >= 4 is 17.9 Å². The van der Waals surface area contributed by atoms with Crippen molar-refractivity contribution in [1.82, 2.24) is 0 Å². The Morgan fingerprint density at radius 2 is 1.60 bits per heavy atom. The van der Waals surface area contributed by atoms with E-state index in [0.717, 1.165) is 11.1 Å². The third kappa shape index (κ3) is 3.11. The molecule has 2 aliphatic heterocycles. The van der Waals surface area contributed by atoms with E-state index in [1.165, 1.54) is 0 Å². The van der Waals surface area contributed by atoms with Crippen LogP contribution in [0.25, 0.3) is 0 Å². The highest BCUT2D eigenvalue weighted by Crippen LogP contribution is 2.56. The number of rotatable bonds is 6. The molecule has 192 valence electrons. The molecule has 2 heterocycles. The van der Waals surface area contributed by atoms with Gasteiger partial charge in [0, 0.05) is 11.8 Å². The van der Waals surface area contributed by atoms with Crippen LogP contribution in [0.15, 0.2) is 24.3 Å². The van der Waals surface area contributed by atoms with Crippen molar-refractivity contribution in [2.75, 3.05) is 0 Å². The van der Waals surface area contributed by atoms with Gasteiger partial charge in [-0.3, -0.25) is 0 Å². The lowest BCUT2D eigenvalue weighted by Crippen LogP contribution is -2.77. The summed E-state index contributed by atoms with van der Waals surface area (Å²) < 4.78 is 10.7. The molecule has 2 bridgehead atoms. The second-order valence-corrected chi connectivity index (χ2v) is 9.95. The van der Waals surface area contributed by atoms with E-state index in [1.807, 2.05) is 25.1 Å². The maximum Gasteiger partial charge on any atom is 0.343 e. The van der Waals surface area contributed by atoms with Crippen molar-refractivity contribution in [2.45, 2.75) is 79.9 Å². The van der Waals surface area contributed by atoms with Crippen LogP contribution in [-0.4, -0.2) is 95.1 Å². The summed E-state index contributed by atoms with van der Waals surface area (Å²) in [4.78, 5) is 36.1. The molecule has 35 heavy (non-hydrogen) atoms. The number of hydrogen-bond acceptors (Lipinski definition) is 9. The van der Waals surface area contributed by atoms with Crippen LogP contribution in [0.3, 0.4) is 0 Å². The van der Waals surface area contributed by atoms with Crippen LogP contribution in [-0.2, 0) is 35.7 Å². The van der Waals surface area contributed by atoms with Gasteiger partial charge in [-0.15, -0.1) is 0 Å². The van der Waals surface area contributed by atoms with E-state index in [0.29, 0.717) is 6.42 Å². The second-order valence-electron chi connectivity index (χ2n) is 9.95. The van der Waals surface area contributed by atoms with E-state index in [9.17, 15) is 50.1 Å². The number of aliphatic hydroxyl groups excluding tert-OH is 3.